The van der Waals surface area contributed by atoms with Gasteiger partial charge in [0.05, 0.1) is 19.8 Å². The van der Waals surface area contributed by atoms with Gasteiger partial charge in [-0.05, 0) is 18.9 Å². The first-order chi connectivity index (χ1) is 8.46. The molecule has 0 saturated carbocycles. The monoisotopic (exact) mass is 261 g/mol. The maximum absolute atomic E-state index is 10.9. The summed E-state index contributed by atoms with van der Waals surface area (Å²) in [6.07, 6.45) is -1.34. The normalized spacial score (nSPS) is 15.7. The number of aliphatic hydroxyl groups is 3. The van der Waals surface area contributed by atoms with Gasteiger partial charge >= 0.3 is 0 Å². The highest BCUT2D eigenvalue weighted by atomic mass is 16.5. The summed E-state index contributed by atoms with van der Waals surface area (Å²) in [7, 11) is 0. The molecule has 0 aromatic rings. The standard InChI is InChI=1S/C12H23NO5/c1-4-8(2)11(5-13-9(3)16)18-12(7-15)10(17)6-14/h10,12,14-15,17H,4-7H2,1-3H3,(H,13,16)/b11-8+. The number of carbonyl (C=O) groups excluding carboxylic acids is 1. The van der Waals surface area contributed by atoms with E-state index in [0.29, 0.717) is 5.76 Å². The van der Waals surface area contributed by atoms with Crippen LogP contribution in [0.25, 0.3) is 0 Å². The quantitative estimate of drug-likeness (QED) is 0.443. The van der Waals surface area contributed by atoms with Gasteiger partial charge in [0.25, 0.3) is 0 Å². The maximum Gasteiger partial charge on any atom is 0.217 e. The SMILES string of the molecule is CC/C(C)=C(\CNC(C)=O)OC(CO)C(O)CO. The molecule has 106 valence electrons. The number of allylic oxidation sites excluding steroid dienone is 1. The fourth-order valence-electron chi connectivity index (χ4n) is 1.23. The summed E-state index contributed by atoms with van der Waals surface area (Å²) in [6.45, 7) is 4.46. The van der Waals surface area contributed by atoms with E-state index in [1.165, 1.54) is 6.92 Å². The second-order valence-corrected chi connectivity index (χ2v) is 4.06. The molecule has 2 unspecified atom stereocenters. The summed E-state index contributed by atoms with van der Waals surface area (Å²) < 4.78 is 5.46. The minimum atomic E-state index is -1.16. The second-order valence-electron chi connectivity index (χ2n) is 4.06. The van der Waals surface area contributed by atoms with Crippen molar-refractivity contribution in [2.24, 2.45) is 0 Å². The van der Waals surface area contributed by atoms with Crippen LogP contribution in [0.4, 0.5) is 0 Å². The smallest absolute Gasteiger partial charge is 0.217 e. The van der Waals surface area contributed by atoms with Gasteiger partial charge in [0.1, 0.15) is 18.0 Å². The number of carbonyl (C=O) groups is 1. The van der Waals surface area contributed by atoms with E-state index in [2.05, 4.69) is 5.32 Å². The molecule has 18 heavy (non-hydrogen) atoms. The lowest BCUT2D eigenvalue weighted by Crippen LogP contribution is -2.37. The molecular formula is C12H23NO5. The largest absolute Gasteiger partial charge is 0.488 e. The molecule has 0 aliphatic rings. The minimum Gasteiger partial charge on any atom is -0.488 e. The van der Waals surface area contributed by atoms with E-state index in [0.717, 1.165) is 12.0 Å². The van der Waals surface area contributed by atoms with Gasteiger partial charge in [-0.3, -0.25) is 4.79 Å². The van der Waals surface area contributed by atoms with E-state index in [-0.39, 0.29) is 12.5 Å². The average molecular weight is 261 g/mol. The number of hydrogen-bond donors (Lipinski definition) is 4. The second kappa shape index (κ2) is 8.91. The van der Waals surface area contributed by atoms with Gasteiger partial charge in [-0.25, -0.2) is 0 Å². The lowest BCUT2D eigenvalue weighted by Gasteiger charge is -2.24. The van der Waals surface area contributed by atoms with Crippen LogP contribution in [0.1, 0.15) is 27.2 Å². The average Bonchev–Trinajstić information content (AvgIpc) is 2.37. The zero-order valence-corrected chi connectivity index (χ0v) is 11.1. The Hall–Kier alpha value is -1.11. The van der Waals surface area contributed by atoms with Crippen LogP contribution in [0.2, 0.25) is 0 Å². The highest BCUT2D eigenvalue weighted by Crippen LogP contribution is 2.13. The molecule has 0 aliphatic heterocycles. The number of rotatable bonds is 8. The van der Waals surface area contributed by atoms with E-state index < -0.39 is 25.4 Å². The van der Waals surface area contributed by atoms with Crippen molar-refractivity contribution in [3.63, 3.8) is 0 Å². The lowest BCUT2D eigenvalue weighted by molar-refractivity contribution is -0.119. The lowest BCUT2D eigenvalue weighted by atomic mass is 10.2. The zero-order chi connectivity index (χ0) is 14.1. The Morgan fingerprint density at radius 3 is 2.28 bits per heavy atom. The molecule has 0 aromatic carbocycles. The van der Waals surface area contributed by atoms with Crippen molar-refractivity contribution in [1.29, 1.82) is 0 Å². The number of hydrogen-bond acceptors (Lipinski definition) is 5. The third kappa shape index (κ3) is 6.00. The van der Waals surface area contributed by atoms with E-state index >= 15 is 0 Å². The number of nitrogens with one attached hydrogen (secondary N) is 1. The summed E-state index contributed by atoms with van der Waals surface area (Å²) in [5.41, 5.74) is 0.910. The Morgan fingerprint density at radius 2 is 1.89 bits per heavy atom. The summed E-state index contributed by atoms with van der Waals surface area (Å²) in [5.74, 6) is 0.308. The summed E-state index contributed by atoms with van der Waals surface area (Å²) in [6, 6.07) is 0. The molecule has 2 atom stereocenters. The fraction of sp³-hybridized carbons (Fsp3) is 0.750. The molecule has 0 aliphatic carbocycles. The van der Waals surface area contributed by atoms with Gasteiger partial charge in [-0.2, -0.15) is 0 Å². The molecule has 0 aromatic heterocycles. The predicted octanol–water partition coefficient (Wildman–Crippen LogP) is -0.463. The van der Waals surface area contributed by atoms with Gasteiger partial charge in [0, 0.05) is 6.92 Å². The molecule has 0 spiro atoms. The number of amides is 1. The van der Waals surface area contributed by atoms with Gasteiger partial charge in [0.15, 0.2) is 0 Å². The van der Waals surface area contributed by atoms with Crippen molar-refractivity contribution >= 4 is 5.91 Å². The number of aliphatic hydroxyl groups excluding tert-OH is 3. The minimum absolute atomic E-state index is 0.191. The Bertz CT molecular complexity index is 290. The van der Waals surface area contributed by atoms with Gasteiger partial charge in [-0.15, -0.1) is 0 Å². The molecule has 0 fully saturated rings. The first-order valence-corrected chi connectivity index (χ1v) is 5.95. The fourth-order valence-corrected chi connectivity index (χ4v) is 1.23. The Kier molecular flexibility index (Phi) is 8.36. The van der Waals surface area contributed by atoms with E-state index in [1.807, 2.05) is 13.8 Å². The molecule has 0 radical (unpaired) electrons. The van der Waals surface area contributed by atoms with E-state index in [1.54, 1.807) is 0 Å². The van der Waals surface area contributed by atoms with Crippen molar-refractivity contribution in [3.05, 3.63) is 11.3 Å². The van der Waals surface area contributed by atoms with Crippen molar-refractivity contribution in [3.8, 4) is 0 Å². The van der Waals surface area contributed by atoms with Crippen LogP contribution in [-0.2, 0) is 9.53 Å². The molecule has 0 saturated heterocycles. The molecule has 6 heteroatoms. The molecule has 6 nitrogen and oxygen atoms in total. The summed E-state index contributed by atoms with van der Waals surface area (Å²) in [5, 5.41) is 30.0. The Morgan fingerprint density at radius 1 is 1.28 bits per heavy atom. The Labute approximate surface area is 107 Å². The first kappa shape index (κ1) is 16.9. The first-order valence-electron chi connectivity index (χ1n) is 5.95. The van der Waals surface area contributed by atoms with E-state index in [9.17, 15) is 9.90 Å². The molecule has 0 heterocycles. The van der Waals surface area contributed by atoms with Crippen molar-refractivity contribution < 1.29 is 24.9 Å². The van der Waals surface area contributed by atoms with Gasteiger partial charge < -0.3 is 25.4 Å². The van der Waals surface area contributed by atoms with Crippen molar-refractivity contribution in [2.45, 2.75) is 39.4 Å². The highest BCUT2D eigenvalue weighted by Gasteiger charge is 2.21. The highest BCUT2D eigenvalue weighted by molar-refractivity contribution is 5.73. The zero-order valence-electron chi connectivity index (χ0n) is 11.1. The van der Waals surface area contributed by atoms with Gasteiger partial charge in [-0.1, -0.05) is 6.92 Å². The van der Waals surface area contributed by atoms with Crippen molar-refractivity contribution in [2.75, 3.05) is 19.8 Å². The van der Waals surface area contributed by atoms with Crippen LogP contribution in [0.5, 0.6) is 0 Å². The molecular weight excluding hydrogens is 238 g/mol. The van der Waals surface area contributed by atoms with E-state index in [4.69, 9.17) is 14.9 Å². The third-order valence-electron chi connectivity index (χ3n) is 2.59. The van der Waals surface area contributed by atoms with Crippen LogP contribution < -0.4 is 5.32 Å². The Balaban J connectivity index is 4.72. The molecule has 1 amide bonds. The predicted molar refractivity (Wildman–Crippen MR) is 66.7 cm³/mol. The maximum atomic E-state index is 10.9. The third-order valence-corrected chi connectivity index (χ3v) is 2.59. The topological polar surface area (TPSA) is 99.0 Å². The van der Waals surface area contributed by atoms with Crippen LogP contribution in [0, 0.1) is 0 Å². The van der Waals surface area contributed by atoms with Crippen LogP contribution in [-0.4, -0.2) is 53.2 Å². The summed E-state index contributed by atoms with van der Waals surface area (Å²) >= 11 is 0. The van der Waals surface area contributed by atoms with Crippen molar-refractivity contribution in [1.82, 2.24) is 5.32 Å². The summed E-state index contributed by atoms with van der Waals surface area (Å²) in [4.78, 5) is 10.9. The molecule has 0 bridgehead atoms. The number of ether oxygens (including phenoxy) is 1. The van der Waals surface area contributed by atoms with Crippen LogP contribution in [0.3, 0.4) is 0 Å². The van der Waals surface area contributed by atoms with Gasteiger partial charge in [0.2, 0.25) is 5.91 Å². The van der Waals surface area contributed by atoms with Crippen LogP contribution >= 0.6 is 0 Å². The molecule has 0 rings (SSSR count). The van der Waals surface area contributed by atoms with Crippen LogP contribution in [0.15, 0.2) is 11.3 Å². The molecule has 4 N–H and O–H groups in total.